The molecule has 6 heteroatoms. The second-order valence-corrected chi connectivity index (χ2v) is 4.72. The average Bonchev–Trinajstić information content (AvgIpc) is 2.48. The van der Waals surface area contributed by atoms with Crippen molar-refractivity contribution in [3.8, 4) is 0 Å². The lowest BCUT2D eigenvalue weighted by molar-refractivity contribution is 0.0463. The van der Waals surface area contributed by atoms with Gasteiger partial charge in [-0.05, 0) is 6.42 Å². The molecule has 0 aliphatic carbocycles. The minimum absolute atomic E-state index is 0.0974. The Hall–Kier alpha value is -1.40. The maximum Gasteiger partial charge on any atom is 0.134 e. The molecule has 1 unspecified atom stereocenters. The molecule has 0 spiro atoms. The van der Waals surface area contributed by atoms with E-state index in [0.717, 1.165) is 37.7 Å². The van der Waals surface area contributed by atoms with E-state index in [9.17, 15) is 0 Å². The molecule has 0 amide bonds. The smallest absolute Gasteiger partial charge is 0.134 e. The summed E-state index contributed by atoms with van der Waals surface area (Å²) >= 11 is 0. The summed E-state index contributed by atoms with van der Waals surface area (Å²) in [5.41, 5.74) is 5.66. The maximum atomic E-state index is 5.66. The molecular weight excluding hydrogens is 242 g/mol. The number of anilines is 2. The van der Waals surface area contributed by atoms with Crippen LogP contribution in [0.2, 0.25) is 0 Å². The zero-order valence-electron chi connectivity index (χ0n) is 11.5. The number of hydrogen-bond acceptors (Lipinski definition) is 6. The first kappa shape index (κ1) is 14.0. The quantitative estimate of drug-likeness (QED) is 0.743. The van der Waals surface area contributed by atoms with Crippen LogP contribution in [0.5, 0.6) is 0 Å². The Labute approximate surface area is 114 Å². The summed E-state index contributed by atoms with van der Waals surface area (Å²) in [5.74, 6) is 1.82. The molecule has 1 saturated heterocycles. The molecule has 1 aliphatic heterocycles. The van der Waals surface area contributed by atoms with Crippen LogP contribution >= 0.6 is 0 Å². The van der Waals surface area contributed by atoms with Gasteiger partial charge in [-0.3, -0.25) is 0 Å². The molecule has 0 saturated carbocycles. The summed E-state index contributed by atoms with van der Waals surface area (Å²) in [6.45, 7) is 6.01. The Morgan fingerprint density at radius 1 is 1.53 bits per heavy atom. The molecule has 1 aliphatic rings. The predicted octanol–water partition coefficient (Wildman–Crippen LogP) is 0.853. The van der Waals surface area contributed by atoms with Crippen molar-refractivity contribution in [1.82, 2.24) is 9.97 Å². The van der Waals surface area contributed by atoms with Gasteiger partial charge in [-0.15, -0.1) is 0 Å². The Bertz CT molecular complexity index is 387. The van der Waals surface area contributed by atoms with E-state index >= 15 is 0 Å². The number of ether oxygens (including phenoxy) is 1. The van der Waals surface area contributed by atoms with Crippen LogP contribution in [0.15, 0.2) is 12.4 Å². The fourth-order valence-corrected chi connectivity index (χ4v) is 2.08. The number of nitrogens with zero attached hydrogens (tertiary/aromatic N) is 3. The summed E-state index contributed by atoms with van der Waals surface area (Å²) in [4.78, 5) is 10.8. The minimum Gasteiger partial charge on any atom is -0.373 e. The van der Waals surface area contributed by atoms with Crippen LogP contribution in [0.3, 0.4) is 0 Å². The second-order valence-electron chi connectivity index (χ2n) is 4.72. The van der Waals surface area contributed by atoms with Gasteiger partial charge in [-0.25, -0.2) is 9.97 Å². The SMILES string of the molecule is CCCCNc1cc(N2CCOC(CN)C2)ncn1. The lowest BCUT2D eigenvalue weighted by Gasteiger charge is -2.33. The Balaban J connectivity index is 1.97. The van der Waals surface area contributed by atoms with Crippen molar-refractivity contribution in [2.24, 2.45) is 5.73 Å². The lowest BCUT2D eigenvalue weighted by atomic mass is 10.2. The first-order valence-electron chi connectivity index (χ1n) is 6.96. The van der Waals surface area contributed by atoms with Gasteiger partial charge in [0.05, 0.1) is 12.7 Å². The highest BCUT2D eigenvalue weighted by molar-refractivity contribution is 5.48. The van der Waals surface area contributed by atoms with E-state index in [1.54, 1.807) is 6.33 Å². The van der Waals surface area contributed by atoms with Crippen molar-refractivity contribution in [3.63, 3.8) is 0 Å². The van der Waals surface area contributed by atoms with Gasteiger partial charge < -0.3 is 20.7 Å². The zero-order chi connectivity index (χ0) is 13.5. The summed E-state index contributed by atoms with van der Waals surface area (Å²) in [6, 6.07) is 1.99. The molecule has 2 heterocycles. The van der Waals surface area contributed by atoms with Crippen molar-refractivity contribution in [3.05, 3.63) is 12.4 Å². The first-order chi connectivity index (χ1) is 9.33. The van der Waals surface area contributed by atoms with Crippen LogP contribution in [0.4, 0.5) is 11.6 Å². The van der Waals surface area contributed by atoms with E-state index in [4.69, 9.17) is 10.5 Å². The average molecular weight is 265 g/mol. The normalized spacial score (nSPS) is 19.5. The van der Waals surface area contributed by atoms with Crippen molar-refractivity contribution in [2.45, 2.75) is 25.9 Å². The molecule has 0 aromatic carbocycles. The maximum absolute atomic E-state index is 5.66. The van der Waals surface area contributed by atoms with E-state index < -0.39 is 0 Å². The van der Waals surface area contributed by atoms with Crippen molar-refractivity contribution < 1.29 is 4.74 Å². The Kier molecular flexibility index (Phi) is 5.35. The standard InChI is InChI=1S/C13H23N5O/c1-2-3-4-15-12-7-13(17-10-16-12)18-5-6-19-11(8-14)9-18/h7,10-11H,2-6,8-9,14H2,1H3,(H,15,16,17). The van der Waals surface area contributed by atoms with Gasteiger partial charge in [0.15, 0.2) is 0 Å². The van der Waals surface area contributed by atoms with Gasteiger partial charge >= 0.3 is 0 Å². The molecule has 3 N–H and O–H groups in total. The predicted molar refractivity (Wildman–Crippen MR) is 76.4 cm³/mol. The summed E-state index contributed by atoms with van der Waals surface area (Å²) < 4.78 is 5.56. The number of nitrogens with two attached hydrogens (primary N) is 1. The summed E-state index contributed by atoms with van der Waals surface area (Å²) in [6.07, 6.45) is 4.02. The molecule has 6 nitrogen and oxygen atoms in total. The monoisotopic (exact) mass is 265 g/mol. The molecule has 1 fully saturated rings. The number of unbranched alkanes of at least 4 members (excludes halogenated alkanes) is 1. The third kappa shape index (κ3) is 4.04. The first-order valence-corrected chi connectivity index (χ1v) is 6.96. The topological polar surface area (TPSA) is 76.3 Å². The summed E-state index contributed by atoms with van der Waals surface area (Å²) in [5, 5.41) is 3.32. The number of aromatic nitrogens is 2. The fourth-order valence-electron chi connectivity index (χ4n) is 2.08. The van der Waals surface area contributed by atoms with Crippen LogP contribution < -0.4 is 16.0 Å². The van der Waals surface area contributed by atoms with Gasteiger partial charge in [0.2, 0.25) is 0 Å². The van der Waals surface area contributed by atoms with Crippen molar-refractivity contribution in [1.29, 1.82) is 0 Å². The van der Waals surface area contributed by atoms with Crippen molar-refractivity contribution in [2.75, 3.05) is 43.0 Å². The molecule has 1 aromatic heterocycles. The van der Waals surface area contributed by atoms with E-state index in [-0.39, 0.29) is 6.10 Å². The van der Waals surface area contributed by atoms with Gasteiger partial charge in [-0.1, -0.05) is 13.3 Å². The van der Waals surface area contributed by atoms with Crippen molar-refractivity contribution >= 4 is 11.6 Å². The van der Waals surface area contributed by atoms with E-state index in [0.29, 0.717) is 13.2 Å². The van der Waals surface area contributed by atoms with E-state index in [2.05, 4.69) is 27.1 Å². The van der Waals surface area contributed by atoms with E-state index in [1.807, 2.05) is 6.07 Å². The lowest BCUT2D eigenvalue weighted by Crippen LogP contribution is -2.46. The molecular formula is C13H23N5O. The Morgan fingerprint density at radius 2 is 2.42 bits per heavy atom. The Morgan fingerprint density at radius 3 is 3.21 bits per heavy atom. The van der Waals surface area contributed by atoms with Gasteiger partial charge in [0.25, 0.3) is 0 Å². The van der Waals surface area contributed by atoms with Gasteiger partial charge in [0, 0.05) is 32.2 Å². The highest BCUT2D eigenvalue weighted by atomic mass is 16.5. The van der Waals surface area contributed by atoms with Crippen LogP contribution in [-0.4, -0.2) is 48.9 Å². The van der Waals surface area contributed by atoms with Crippen LogP contribution in [0.1, 0.15) is 19.8 Å². The van der Waals surface area contributed by atoms with Crippen LogP contribution in [-0.2, 0) is 4.74 Å². The van der Waals surface area contributed by atoms with E-state index in [1.165, 1.54) is 6.42 Å². The number of nitrogens with one attached hydrogen (secondary N) is 1. The molecule has 2 rings (SSSR count). The molecule has 1 aromatic rings. The highest BCUT2D eigenvalue weighted by Crippen LogP contribution is 2.17. The van der Waals surface area contributed by atoms with Crippen LogP contribution in [0, 0.1) is 0 Å². The molecule has 1 atom stereocenters. The highest BCUT2D eigenvalue weighted by Gasteiger charge is 2.20. The minimum atomic E-state index is 0.0974. The largest absolute Gasteiger partial charge is 0.373 e. The molecule has 106 valence electrons. The molecule has 0 radical (unpaired) electrons. The third-order valence-corrected chi connectivity index (χ3v) is 3.21. The number of hydrogen-bond donors (Lipinski definition) is 2. The zero-order valence-corrected chi connectivity index (χ0v) is 11.5. The molecule has 19 heavy (non-hydrogen) atoms. The molecule has 0 bridgehead atoms. The summed E-state index contributed by atoms with van der Waals surface area (Å²) in [7, 11) is 0. The second kappa shape index (κ2) is 7.25. The van der Waals surface area contributed by atoms with Gasteiger partial charge in [0.1, 0.15) is 18.0 Å². The third-order valence-electron chi connectivity index (χ3n) is 3.21. The van der Waals surface area contributed by atoms with Gasteiger partial charge in [-0.2, -0.15) is 0 Å². The fraction of sp³-hybridized carbons (Fsp3) is 0.692. The number of morpholine rings is 1. The van der Waals surface area contributed by atoms with Crippen LogP contribution in [0.25, 0.3) is 0 Å². The number of rotatable bonds is 6.